The Kier molecular flexibility index (Phi) is 5.44. The molecule has 2 aromatic rings. The van der Waals surface area contributed by atoms with Crippen molar-refractivity contribution in [3.8, 4) is 11.4 Å². The van der Waals surface area contributed by atoms with E-state index in [0.717, 1.165) is 13.0 Å². The fourth-order valence-electron chi connectivity index (χ4n) is 2.40. The second-order valence-electron chi connectivity index (χ2n) is 5.58. The summed E-state index contributed by atoms with van der Waals surface area (Å²) in [4.78, 5) is 4.31. The average Bonchev–Trinajstić information content (AvgIpc) is 2.87. The molecule has 0 spiro atoms. The summed E-state index contributed by atoms with van der Waals surface area (Å²) in [6, 6.07) is 6.74. The van der Waals surface area contributed by atoms with E-state index in [1.807, 2.05) is 0 Å². The fourth-order valence-corrected chi connectivity index (χ4v) is 2.40. The van der Waals surface area contributed by atoms with Gasteiger partial charge in [-0.05, 0) is 31.0 Å². The zero-order valence-electron chi connectivity index (χ0n) is 12.8. The van der Waals surface area contributed by atoms with E-state index in [-0.39, 0.29) is 5.82 Å². The number of hydrogen-bond acceptors (Lipinski definition) is 4. The third-order valence-corrected chi connectivity index (χ3v) is 3.25. The fraction of sp³-hybridized carbons (Fsp3) is 0.500. The van der Waals surface area contributed by atoms with Gasteiger partial charge in [-0.2, -0.15) is 4.98 Å². The molecule has 1 unspecified atom stereocenters. The van der Waals surface area contributed by atoms with Crippen LogP contribution in [0.3, 0.4) is 0 Å². The van der Waals surface area contributed by atoms with Crippen LogP contribution in [0.5, 0.6) is 0 Å². The highest BCUT2D eigenvalue weighted by atomic mass is 19.1. The minimum atomic E-state index is -0.338. The predicted octanol–water partition coefficient (Wildman–Crippen LogP) is 3.44. The summed E-state index contributed by atoms with van der Waals surface area (Å²) < 4.78 is 19.0. The van der Waals surface area contributed by atoms with Gasteiger partial charge in [0.15, 0.2) is 0 Å². The van der Waals surface area contributed by atoms with Crippen LogP contribution in [0.25, 0.3) is 11.4 Å². The van der Waals surface area contributed by atoms with Crippen LogP contribution in [0.4, 0.5) is 4.39 Å². The Morgan fingerprint density at radius 1 is 1.29 bits per heavy atom. The van der Waals surface area contributed by atoms with Gasteiger partial charge >= 0.3 is 0 Å². The summed E-state index contributed by atoms with van der Waals surface area (Å²) in [5.41, 5.74) is 0.372. The monoisotopic (exact) mass is 291 g/mol. The van der Waals surface area contributed by atoms with Crippen molar-refractivity contribution >= 4 is 0 Å². The molecule has 1 aromatic carbocycles. The highest BCUT2D eigenvalue weighted by Gasteiger charge is 2.17. The minimum Gasteiger partial charge on any atom is -0.339 e. The molecule has 4 nitrogen and oxygen atoms in total. The lowest BCUT2D eigenvalue weighted by Gasteiger charge is -2.17. The molecule has 0 saturated carbocycles. The third kappa shape index (κ3) is 4.36. The first-order valence-corrected chi connectivity index (χ1v) is 7.41. The molecule has 0 bridgehead atoms. The van der Waals surface area contributed by atoms with Gasteiger partial charge in [0, 0.05) is 12.5 Å². The van der Waals surface area contributed by atoms with Crippen LogP contribution in [0.1, 0.15) is 33.1 Å². The summed E-state index contributed by atoms with van der Waals surface area (Å²) in [6.45, 7) is 7.34. The van der Waals surface area contributed by atoms with Crippen LogP contribution < -0.4 is 5.32 Å². The van der Waals surface area contributed by atoms with E-state index >= 15 is 0 Å². The molecule has 5 heteroatoms. The molecule has 0 saturated heterocycles. The van der Waals surface area contributed by atoms with Crippen molar-refractivity contribution in [3.05, 3.63) is 36.0 Å². The Labute approximate surface area is 124 Å². The standard InChI is InChI=1S/C16H22FN3O/c1-4-18-12(9-11(2)3)10-15-19-16(20-21-15)13-7-5-6-8-14(13)17/h5-8,11-12,18H,4,9-10H2,1-3H3. The molecule has 2 rings (SSSR count). The van der Waals surface area contributed by atoms with Crippen molar-refractivity contribution < 1.29 is 8.91 Å². The molecule has 0 fully saturated rings. The number of nitrogens with zero attached hydrogens (tertiary/aromatic N) is 2. The van der Waals surface area contributed by atoms with Gasteiger partial charge in [0.1, 0.15) is 5.82 Å². The molecule has 0 amide bonds. The highest BCUT2D eigenvalue weighted by Crippen LogP contribution is 2.20. The van der Waals surface area contributed by atoms with Crippen LogP contribution in [0.2, 0.25) is 0 Å². The first-order chi connectivity index (χ1) is 10.1. The Balaban J connectivity index is 2.10. The first-order valence-electron chi connectivity index (χ1n) is 7.41. The van der Waals surface area contributed by atoms with Crippen molar-refractivity contribution in [1.29, 1.82) is 0 Å². The van der Waals surface area contributed by atoms with E-state index in [2.05, 4.69) is 36.2 Å². The molecular weight excluding hydrogens is 269 g/mol. The zero-order valence-corrected chi connectivity index (χ0v) is 12.8. The van der Waals surface area contributed by atoms with E-state index in [1.54, 1.807) is 18.2 Å². The molecule has 0 aliphatic heterocycles. The molecular formula is C16H22FN3O. The van der Waals surface area contributed by atoms with Gasteiger partial charge in [0.25, 0.3) is 0 Å². The number of benzene rings is 1. The second kappa shape index (κ2) is 7.31. The number of hydrogen-bond donors (Lipinski definition) is 1. The minimum absolute atomic E-state index is 0.295. The van der Waals surface area contributed by atoms with Gasteiger partial charge in [0.05, 0.1) is 5.56 Å². The summed E-state index contributed by atoms with van der Waals surface area (Å²) in [6.07, 6.45) is 1.69. The van der Waals surface area contributed by atoms with Crippen molar-refractivity contribution in [2.45, 2.75) is 39.7 Å². The summed E-state index contributed by atoms with van der Waals surface area (Å²) in [5.74, 6) is 1.10. The number of rotatable bonds is 7. The number of likely N-dealkylation sites (N-methyl/N-ethyl adjacent to an activating group) is 1. The van der Waals surface area contributed by atoms with Gasteiger partial charge in [-0.25, -0.2) is 4.39 Å². The first kappa shape index (κ1) is 15.6. The lowest BCUT2D eigenvalue weighted by Crippen LogP contribution is -2.32. The van der Waals surface area contributed by atoms with Crippen molar-refractivity contribution in [3.63, 3.8) is 0 Å². The van der Waals surface area contributed by atoms with Crippen LogP contribution in [-0.4, -0.2) is 22.7 Å². The summed E-state index contributed by atoms with van der Waals surface area (Å²) in [5, 5.41) is 7.31. The van der Waals surface area contributed by atoms with Crippen molar-refractivity contribution in [1.82, 2.24) is 15.5 Å². The van der Waals surface area contributed by atoms with E-state index in [4.69, 9.17) is 4.52 Å². The maximum Gasteiger partial charge on any atom is 0.228 e. The van der Waals surface area contributed by atoms with Gasteiger partial charge in [-0.15, -0.1) is 0 Å². The summed E-state index contributed by atoms with van der Waals surface area (Å²) in [7, 11) is 0. The molecule has 0 aliphatic carbocycles. The quantitative estimate of drug-likeness (QED) is 0.849. The molecule has 0 radical (unpaired) electrons. The summed E-state index contributed by atoms with van der Waals surface area (Å²) >= 11 is 0. The van der Waals surface area contributed by atoms with Crippen molar-refractivity contribution in [2.75, 3.05) is 6.54 Å². The Bertz CT molecular complexity index is 568. The Hall–Kier alpha value is -1.75. The lowest BCUT2D eigenvalue weighted by molar-refractivity contribution is 0.340. The molecule has 1 atom stereocenters. The molecule has 1 aromatic heterocycles. The van der Waals surface area contributed by atoms with E-state index in [0.29, 0.717) is 35.7 Å². The number of nitrogens with one attached hydrogen (secondary N) is 1. The Morgan fingerprint density at radius 3 is 2.71 bits per heavy atom. The van der Waals surface area contributed by atoms with Crippen LogP contribution in [0, 0.1) is 11.7 Å². The smallest absolute Gasteiger partial charge is 0.228 e. The molecule has 114 valence electrons. The van der Waals surface area contributed by atoms with Crippen LogP contribution in [0.15, 0.2) is 28.8 Å². The third-order valence-electron chi connectivity index (χ3n) is 3.25. The van der Waals surface area contributed by atoms with Crippen LogP contribution >= 0.6 is 0 Å². The van der Waals surface area contributed by atoms with Gasteiger partial charge < -0.3 is 9.84 Å². The topological polar surface area (TPSA) is 51.0 Å². The lowest BCUT2D eigenvalue weighted by atomic mass is 10.0. The molecule has 1 heterocycles. The van der Waals surface area contributed by atoms with Gasteiger partial charge in [-0.1, -0.05) is 38.1 Å². The van der Waals surface area contributed by atoms with E-state index in [1.165, 1.54) is 6.07 Å². The maximum absolute atomic E-state index is 13.7. The van der Waals surface area contributed by atoms with Gasteiger partial charge in [-0.3, -0.25) is 0 Å². The van der Waals surface area contributed by atoms with Gasteiger partial charge in [0.2, 0.25) is 11.7 Å². The SMILES string of the molecule is CCNC(Cc1nc(-c2ccccc2F)no1)CC(C)C. The predicted molar refractivity (Wildman–Crippen MR) is 80.3 cm³/mol. The number of aromatic nitrogens is 2. The Morgan fingerprint density at radius 2 is 2.05 bits per heavy atom. The molecule has 1 N–H and O–H groups in total. The number of halogens is 1. The van der Waals surface area contributed by atoms with E-state index in [9.17, 15) is 4.39 Å². The van der Waals surface area contributed by atoms with Crippen molar-refractivity contribution in [2.24, 2.45) is 5.92 Å². The maximum atomic E-state index is 13.7. The normalized spacial score (nSPS) is 12.8. The van der Waals surface area contributed by atoms with E-state index < -0.39 is 0 Å². The largest absolute Gasteiger partial charge is 0.339 e. The average molecular weight is 291 g/mol. The molecule has 0 aliphatic rings. The second-order valence-corrected chi connectivity index (χ2v) is 5.58. The zero-order chi connectivity index (χ0) is 15.2. The van der Waals surface area contributed by atoms with Crippen LogP contribution in [-0.2, 0) is 6.42 Å². The highest BCUT2D eigenvalue weighted by molar-refractivity contribution is 5.54. The molecule has 21 heavy (non-hydrogen) atoms.